The molecule has 0 saturated carbocycles. The molecule has 0 bridgehead atoms. The number of ether oxygens (including phenoxy) is 3. The third-order valence-corrected chi connectivity index (χ3v) is 19.5. The highest BCUT2D eigenvalue weighted by Gasteiger charge is 2.50. The van der Waals surface area contributed by atoms with Crippen molar-refractivity contribution in [3.8, 4) is 34.5 Å². The molecule has 6 aliphatic rings. The first-order valence-corrected chi connectivity index (χ1v) is 28.4. The average molecular weight is 1030 g/mol. The topological polar surface area (TPSA) is 37.4 Å². The molecule has 78 heavy (non-hydrogen) atoms. The van der Waals surface area contributed by atoms with Crippen molar-refractivity contribution >= 4 is 162 Å². The van der Waals surface area contributed by atoms with Crippen LogP contribution in [-0.4, -0.2) is 20.1 Å². The SMILES string of the molecule is Cc1cc2c3c(c1)N(c1ccccc1)c1cc4c(cc1B3c1cc3c(cc1O2)N(c1ccccc1)c1cc(C)cc2c1B3c1sc3ccccc3c1O2)B1c2sc3ccccc3c2Oc2cc(C)cc(c21)N4c1ccccc1. The number of nitrogens with zero attached hydrogens (tertiary/aromatic N) is 3. The minimum Gasteiger partial charge on any atom is -0.458 e. The molecule has 364 valence electrons. The van der Waals surface area contributed by atoms with Gasteiger partial charge in [0.2, 0.25) is 0 Å². The molecule has 18 rings (SSSR count). The van der Waals surface area contributed by atoms with Crippen LogP contribution in [0.4, 0.5) is 51.2 Å². The lowest BCUT2D eigenvalue weighted by molar-refractivity contribution is 0.487. The lowest BCUT2D eigenvalue weighted by Crippen LogP contribution is -2.65. The number of hydrogen-bond acceptors (Lipinski definition) is 8. The van der Waals surface area contributed by atoms with E-state index in [0.29, 0.717) is 0 Å². The quantitative estimate of drug-likeness (QED) is 0.164. The summed E-state index contributed by atoms with van der Waals surface area (Å²) in [5.74, 6) is 5.52. The fourth-order valence-electron chi connectivity index (χ4n) is 14.0. The van der Waals surface area contributed by atoms with Crippen LogP contribution in [0.15, 0.2) is 200 Å². The molecule has 11 heteroatoms. The fourth-order valence-corrected chi connectivity index (χ4v) is 16.5. The molecule has 6 nitrogen and oxygen atoms in total. The first-order chi connectivity index (χ1) is 38.4. The fraction of sp³-hybridized carbons (Fsp3) is 0.0448. The largest absolute Gasteiger partial charge is 0.458 e. The van der Waals surface area contributed by atoms with Crippen molar-refractivity contribution in [2.24, 2.45) is 0 Å². The smallest absolute Gasteiger partial charge is 0.268 e. The van der Waals surface area contributed by atoms with Crippen molar-refractivity contribution in [1.82, 2.24) is 0 Å². The predicted molar refractivity (Wildman–Crippen MR) is 329 cm³/mol. The van der Waals surface area contributed by atoms with E-state index in [1.165, 1.54) is 51.7 Å². The van der Waals surface area contributed by atoms with Crippen LogP contribution in [0, 0.1) is 20.8 Å². The highest BCUT2D eigenvalue weighted by atomic mass is 32.1. The number of thiophene rings is 2. The number of rotatable bonds is 3. The van der Waals surface area contributed by atoms with Crippen LogP contribution in [0.25, 0.3) is 20.2 Å². The molecule has 0 aliphatic carbocycles. The third kappa shape index (κ3) is 5.79. The Morgan fingerprint density at radius 2 is 0.692 bits per heavy atom. The number of aryl methyl sites for hydroxylation is 3. The standard InChI is InChI=1S/C67H42B3N3O3S2/c1-37-27-52-61-56(30-37)74-55-36-51-47(70-63-54(73(51)42-21-11-6-12-22-42)29-39(3)32-58(63)76-65-44-24-14-16-26-60(44)78-67(65)70)34-48(55)68(61)45-33-46-50(35-49(45)71(52)40-17-7-4-8-18-40)72(41-19-9-5-10-20-41)53-28-38(2)31-57-62(53)69(46)66-64(75-57)43-23-13-15-25-59(43)77-66/h4-36H,1-3H3. The summed E-state index contributed by atoms with van der Waals surface area (Å²) in [6.45, 7) is 6.21. The summed E-state index contributed by atoms with van der Waals surface area (Å²) in [6.07, 6.45) is 0. The van der Waals surface area contributed by atoms with Gasteiger partial charge in [0.1, 0.15) is 34.5 Å². The second-order valence-electron chi connectivity index (χ2n) is 21.7. The van der Waals surface area contributed by atoms with Crippen LogP contribution in [0.3, 0.4) is 0 Å². The number of anilines is 9. The molecule has 8 heterocycles. The Balaban J connectivity index is 0.952. The number of benzene rings is 10. The van der Waals surface area contributed by atoms with E-state index >= 15 is 0 Å². The molecule has 12 aromatic rings. The maximum absolute atomic E-state index is 7.48. The van der Waals surface area contributed by atoms with Crippen molar-refractivity contribution in [3.05, 3.63) is 217 Å². The minimum atomic E-state index is -0.193. The van der Waals surface area contributed by atoms with Gasteiger partial charge in [0.05, 0.1) is 0 Å². The highest BCUT2D eigenvalue weighted by Crippen LogP contribution is 2.50. The second kappa shape index (κ2) is 15.6. The van der Waals surface area contributed by atoms with Gasteiger partial charge in [-0.1, -0.05) is 91.0 Å². The zero-order valence-electron chi connectivity index (χ0n) is 42.7. The summed E-state index contributed by atoms with van der Waals surface area (Å²) in [5, 5.41) is 2.31. The zero-order valence-corrected chi connectivity index (χ0v) is 44.3. The molecule has 10 aromatic carbocycles. The van der Waals surface area contributed by atoms with Crippen molar-refractivity contribution in [2.75, 3.05) is 14.7 Å². The molecule has 0 unspecified atom stereocenters. The van der Waals surface area contributed by atoms with E-state index in [0.717, 1.165) is 119 Å². The molecule has 0 atom stereocenters. The second-order valence-corrected chi connectivity index (χ2v) is 23.9. The summed E-state index contributed by atoms with van der Waals surface area (Å²) >= 11 is 3.72. The summed E-state index contributed by atoms with van der Waals surface area (Å²) in [6, 6.07) is 73.9. The number of fused-ring (bicyclic) bond motifs is 16. The molecule has 0 N–H and O–H groups in total. The van der Waals surface area contributed by atoms with Gasteiger partial charge >= 0.3 is 0 Å². The van der Waals surface area contributed by atoms with Crippen molar-refractivity contribution in [1.29, 1.82) is 0 Å². The van der Waals surface area contributed by atoms with Gasteiger partial charge in [-0.05, 0) is 179 Å². The van der Waals surface area contributed by atoms with E-state index in [2.05, 4.69) is 236 Å². The minimum absolute atomic E-state index is 0.0876. The van der Waals surface area contributed by atoms with E-state index in [1.807, 2.05) is 22.7 Å². The van der Waals surface area contributed by atoms with Gasteiger partial charge in [0.25, 0.3) is 20.1 Å². The van der Waals surface area contributed by atoms with Gasteiger partial charge < -0.3 is 28.9 Å². The van der Waals surface area contributed by atoms with Crippen molar-refractivity contribution in [3.63, 3.8) is 0 Å². The Bertz CT molecular complexity index is 4640. The van der Waals surface area contributed by atoms with Gasteiger partial charge in [-0.3, -0.25) is 0 Å². The first-order valence-electron chi connectivity index (χ1n) is 26.8. The predicted octanol–water partition coefficient (Wildman–Crippen LogP) is 12.3. The Kier molecular flexibility index (Phi) is 8.66. The van der Waals surface area contributed by atoms with Crippen LogP contribution in [-0.2, 0) is 0 Å². The zero-order chi connectivity index (χ0) is 51.2. The summed E-state index contributed by atoms with van der Waals surface area (Å²) in [4.78, 5) is 7.45. The molecule has 2 aromatic heterocycles. The Morgan fingerprint density at radius 3 is 1.15 bits per heavy atom. The molecule has 6 aliphatic heterocycles. The summed E-state index contributed by atoms with van der Waals surface area (Å²) in [7, 11) is 0. The van der Waals surface area contributed by atoms with Gasteiger partial charge in [-0.15, -0.1) is 22.7 Å². The molecular formula is C67H42B3N3O3S2. The monoisotopic (exact) mass is 1030 g/mol. The van der Waals surface area contributed by atoms with Gasteiger partial charge in [0.15, 0.2) is 0 Å². The van der Waals surface area contributed by atoms with Gasteiger partial charge in [0, 0.05) is 87.0 Å². The van der Waals surface area contributed by atoms with E-state index in [4.69, 9.17) is 14.2 Å². The lowest BCUT2D eigenvalue weighted by atomic mass is 9.30. The molecular weight excluding hydrogens is 991 g/mol. The van der Waals surface area contributed by atoms with E-state index in [1.54, 1.807) is 0 Å². The maximum atomic E-state index is 7.48. The van der Waals surface area contributed by atoms with Crippen LogP contribution < -0.4 is 76.7 Å². The Morgan fingerprint density at radius 1 is 0.321 bits per heavy atom. The van der Waals surface area contributed by atoms with Crippen LogP contribution in [0.1, 0.15) is 16.7 Å². The van der Waals surface area contributed by atoms with E-state index in [-0.39, 0.29) is 20.1 Å². The Hall–Kier alpha value is -8.89. The van der Waals surface area contributed by atoms with Crippen LogP contribution >= 0.6 is 22.7 Å². The molecule has 0 spiro atoms. The van der Waals surface area contributed by atoms with Crippen molar-refractivity contribution in [2.45, 2.75) is 20.8 Å². The molecule has 0 saturated heterocycles. The third-order valence-electron chi connectivity index (χ3n) is 17.0. The molecule has 0 radical (unpaired) electrons. The van der Waals surface area contributed by atoms with Crippen LogP contribution in [0.5, 0.6) is 34.5 Å². The van der Waals surface area contributed by atoms with Crippen molar-refractivity contribution < 1.29 is 14.2 Å². The number of hydrogen-bond donors (Lipinski definition) is 0. The normalized spacial score (nSPS) is 14.2. The van der Waals surface area contributed by atoms with E-state index in [9.17, 15) is 0 Å². The van der Waals surface area contributed by atoms with Crippen LogP contribution in [0.2, 0.25) is 0 Å². The Labute approximate surface area is 460 Å². The van der Waals surface area contributed by atoms with Gasteiger partial charge in [-0.2, -0.15) is 0 Å². The average Bonchev–Trinajstić information content (AvgIpc) is 4.13. The molecule has 0 fully saturated rings. The summed E-state index contributed by atoms with van der Waals surface area (Å²) < 4.78 is 26.7. The number of para-hydroxylation sites is 3. The highest BCUT2D eigenvalue weighted by molar-refractivity contribution is 7.34. The first kappa shape index (κ1) is 43.2. The maximum Gasteiger partial charge on any atom is 0.268 e. The lowest BCUT2D eigenvalue weighted by Gasteiger charge is -2.45. The molecule has 0 amide bonds. The van der Waals surface area contributed by atoms with Gasteiger partial charge in [-0.25, -0.2) is 0 Å². The van der Waals surface area contributed by atoms with E-state index < -0.39 is 0 Å². The summed E-state index contributed by atoms with van der Waals surface area (Å²) in [5.41, 5.74) is 22.0.